The molecule has 0 aromatic rings. The quantitative estimate of drug-likeness (QED) is 0.560. The number of carboxylic acid groups (broad SMARTS) is 1. The molecule has 1 fully saturated rings. The first-order valence-corrected chi connectivity index (χ1v) is 3.22. The van der Waals surface area contributed by atoms with E-state index in [4.69, 9.17) is 10.8 Å². The van der Waals surface area contributed by atoms with Crippen LogP contribution < -0.4 is 5.73 Å². The summed E-state index contributed by atoms with van der Waals surface area (Å²) in [6, 6.07) is -0.277. The van der Waals surface area contributed by atoms with Crippen molar-refractivity contribution in [2.75, 3.05) is 0 Å². The van der Waals surface area contributed by atoms with E-state index in [1.165, 1.54) is 0 Å². The van der Waals surface area contributed by atoms with Gasteiger partial charge in [-0.25, -0.2) is 9.18 Å². The topological polar surface area (TPSA) is 63.3 Å². The van der Waals surface area contributed by atoms with Crippen LogP contribution in [0.25, 0.3) is 0 Å². The molecule has 0 unspecified atom stereocenters. The summed E-state index contributed by atoms with van der Waals surface area (Å²) in [6.45, 7) is 0. The van der Waals surface area contributed by atoms with E-state index in [2.05, 4.69) is 0 Å². The monoisotopic (exact) mass is 147 g/mol. The molecular formula is C6H10FNO2. The average Bonchev–Trinajstić information content (AvgIpc) is 2.13. The number of aliphatic carboxylic acids is 1. The van der Waals surface area contributed by atoms with Crippen LogP contribution in [-0.2, 0) is 4.79 Å². The van der Waals surface area contributed by atoms with Crippen molar-refractivity contribution in [2.24, 2.45) is 5.73 Å². The largest absolute Gasteiger partial charge is 0.479 e. The van der Waals surface area contributed by atoms with Crippen molar-refractivity contribution >= 4 is 5.97 Å². The summed E-state index contributed by atoms with van der Waals surface area (Å²) in [5.41, 5.74) is 3.30. The van der Waals surface area contributed by atoms with Gasteiger partial charge in [0.25, 0.3) is 0 Å². The Morgan fingerprint density at radius 1 is 1.80 bits per heavy atom. The molecule has 3 nitrogen and oxygen atoms in total. The van der Waals surface area contributed by atoms with Crippen LogP contribution >= 0.6 is 0 Å². The molecule has 3 N–H and O–H groups in total. The molecule has 10 heavy (non-hydrogen) atoms. The zero-order valence-electron chi connectivity index (χ0n) is 5.51. The molecule has 0 aromatic carbocycles. The highest BCUT2D eigenvalue weighted by atomic mass is 19.1. The van der Waals surface area contributed by atoms with Gasteiger partial charge in [0.2, 0.25) is 5.67 Å². The maximum atomic E-state index is 13.0. The Bertz CT molecular complexity index is 162. The summed E-state index contributed by atoms with van der Waals surface area (Å²) >= 11 is 0. The second kappa shape index (κ2) is 2.20. The summed E-state index contributed by atoms with van der Waals surface area (Å²) in [7, 11) is 0. The normalized spacial score (nSPS) is 40.0. The second-order valence-corrected chi connectivity index (χ2v) is 2.77. The van der Waals surface area contributed by atoms with Crippen molar-refractivity contribution in [3.8, 4) is 0 Å². The van der Waals surface area contributed by atoms with Crippen molar-refractivity contribution in [1.82, 2.24) is 0 Å². The average molecular weight is 147 g/mol. The van der Waals surface area contributed by atoms with Crippen LogP contribution in [0.1, 0.15) is 19.3 Å². The number of alkyl halides is 1. The molecule has 1 rings (SSSR count). The summed E-state index contributed by atoms with van der Waals surface area (Å²) < 4.78 is 13.0. The number of carboxylic acids is 1. The first-order valence-electron chi connectivity index (χ1n) is 3.22. The first-order chi connectivity index (χ1) is 4.54. The molecule has 0 aliphatic heterocycles. The molecule has 1 saturated carbocycles. The molecule has 0 bridgehead atoms. The van der Waals surface area contributed by atoms with Gasteiger partial charge in [-0.3, -0.25) is 0 Å². The van der Waals surface area contributed by atoms with E-state index in [0.717, 1.165) is 0 Å². The molecule has 4 heteroatoms. The number of carbonyl (C=O) groups is 1. The van der Waals surface area contributed by atoms with Crippen LogP contribution in [0, 0.1) is 0 Å². The highest BCUT2D eigenvalue weighted by molar-refractivity contribution is 5.77. The zero-order chi connectivity index (χ0) is 7.78. The van der Waals surface area contributed by atoms with Gasteiger partial charge >= 0.3 is 5.97 Å². The minimum Gasteiger partial charge on any atom is -0.479 e. The van der Waals surface area contributed by atoms with E-state index in [1.54, 1.807) is 0 Å². The van der Waals surface area contributed by atoms with Gasteiger partial charge in [0.15, 0.2) is 0 Å². The molecule has 0 radical (unpaired) electrons. The number of nitrogens with two attached hydrogens (primary N) is 1. The van der Waals surface area contributed by atoms with Crippen molar-refractivity contribution in [3.63, 3.8) is 0 Å². The third-order valence-corrected chi connectivity index (χ3v) is 1.88. The van der Waals surface area contributed by atoms with E-state index in [0.29, 0.717) is 6.42 Å². The van der Waals surface area contributed by atoms with Gasteiger partial charge in [-0.15, -0.1) is 0 Å². The number of hydrogen-bond acceptors (Lipinski definition) is 2. The lowest BCUT2D eigenvalue weighted by atomic mass is 10.1. The van der Waals surface area contributed by atoms with Crippen molar-refractivity contribution in [1.29, 1.82) is 0 Å². The number of rotatable bonds is 1. The van der Waals surface area contributed by atoms with Gasteiger partial charge < -0.3 is 10.8 Å². The van der Waals surface area contributed by atoms with E-state index in [-0.39, 0.29) is 18.9 Å². The number of hydrogen-bond donors (Lipinski definition) is 2. The minimum absolute atomic E-state index is 0.0394. The van der Waals surface area contributed by atoms with Crippen molar-refractivity contribution < 1.29 is 14.3 Å². The molecule has 0 aromatic heterocycles. The van der Waals surface area contributed by atoms with Gasteiger partial charge in [-0.05, 0) is 12.8 Å². The molecule has 0 amide bonds. The Balaban J connectivity index is 2.63. The van der Waals surface area contributed by atoms with Crippen LogP contribution in [-0.4, -0.2) is 22.8 Å². The summed E-state index contributed by atoms with van der Waals surface area (Å²) in [5.74, 6) is -1.37. The Hall–Kier alpha value is -0.640. The predicted molar refractivity (Wildman–Crippen MR) is 33.3 cm³/mol. The van der Waals surface area contributed by atoms with Crippen molar-refractivity contribution in [3.05, 3.63) is 0 Å². The fraction of sp³-hybridized carbons (Fsp3) is 0.833. The van der Waals surface area contributed by atoms with E-state index >= 15 is 0 Å². The van der Waals surface area contributed by atoms with Crippen LogP contribution in [0.5, 0.6) is 0 Å². The fourth-order valence-corrected chi connectivity index (χ4v) is 1.23. The zero-order valence-corrected chi connectivity index (χ0v) is 5.51. The van der Waals surface area contributed by atoms with Crippen molar-refractivity contribution in [2.45, 2.75) is 31.0 Å². The lowest BCUT2D eigenvalue weighted by Gasteiger charge is -2.11. The Morgan fingerprint density at radius 2 is 2.40 bits per heavy atom. The standard InChI is InChI=1S/C6H10FNO2/c7-6(5(9)10)2-1-4(8)3-6/h4H,1-3,8H2,(H,9,10)/t4-,6+/m1/s1. The van der Waals surface area contributed by atoms with Gasteiger partial charge in [-0.1, -0.05) is 0 Å². The number of halogens is 1. The van der Waals surface area contributed by atoms with E-state index in [9.17, 15) is 9.18 Å². The Labute approximate surface area is 58.0 Å². The minimum atomic E-state index is -2.04. The maximum absolute atomic E-state index is 13.0. The van der Waals surface area contributed by atoms with Gasteiger partial charge in [0.1, 0.15) is 0 Å². The third-order valence-electron chi connectivity index (χ3n) is 1.88. The second-order valence-electron chi connectivity index (χ2n) is 2.77. The Morgan fingerprint density at radius 3 is 2.60 bits per heavy atom. The molecule has 0 spiro atoms. The molecule has 2 atom stereocenters. The van der Waals surface area contributed by atoms with Crippen LogP contribution in [0.4, 0.5) is 4.39 Å². The molecule has 0 saturated heterocycles. The first kappa shape index (κ1) is 7.47. The lowest BCUT2D eigenvalue weighted by molar-refractivity contribution is -0.150. The molecule has 1 aliphatic carbocycles. The molecular weight excluding hydrogens is 137 g/mol. The van der Waals surface area contributed by atoms with Crippen LogP contribution in [0.15, 0.2) is 0 Å². The van der Waals surface area contributed by atoms with E-state index < -0.39 is 11.6 Å². The highest BCUT2D eigenvalue weighted by Crippen LogP contribution is 2.32. The SMILES string of the molecule is N[C@@H]1CC[C@@](F)(C(=O)O)C1. The van der Waals surface area contributed by atoms with Gasteiger partial charge in [0, 0.05) is 12.5 Å². The molecule has 0 heterocycles. The molecule has 1 aliphatic rings. The predicted octanol–water partition coefficient (Wildman–Crippen LogP) is 0.290. The van der Waals surface area contributed by atoms with Crippen LogP contribution in [0.3, 0.4) is 0 Å². The third kappa shape index (κ3) is 1.11. The summed E-state index contributed by atoms with van der Waals surface area (Å²) in [6.07, 6.45) is 0.495. The lowest BCUT2D eigenvalue weighted by Crippen LogP contribution is -2.32. The maximum Gasteiger partial charge on any atom is 0.341 e. The summed E-state index contributed by atoms with van der Waals surface area (Å²) in [5, 5.41) is 8.36. The summed E-state index contributed by atoms with van der Waals surface area (Å²) in [4.78, 5) is 10.2. The van der Waals surface area contributed by atoms with Gasteiger partial charge in [0.05, 0.1) is 0 Å². The fourth-order valence-electron chi connectivity index (χ4n) is 1.23. The molecule has 58 valence electrons. The highest BCUT2D eigenvalue weighted by Gasteiger charge is 2.44. The smallest absolute Gasteiger partial charge is 0.341 e. The van der Waals surface area contributed by atoms with Gasteiger partial charge in [-0.2, -0.15) is 0 Å². The van der Waals surface area contributed by atoms with Crippen LogP contribution in [0.2, 0.25) is 0 Å². The van der Waals surface area contributed by atoms with E-state index in [1.807, 2.05) is 0 Å². The Kier molecular flexibility index (Phi) is 1.64.